The average molecular weight is 302 g/mol. The van der Waals surface area contributed by atoms with Gasteiger partial charge < -0.3 is 9.64 Å². The summed E-state index contributed by atoms with van der Waals surface area (Å²) in [6, 6.07) is -0.115. The maximum absolute atomic E-state index is 12.1. The van der Waals surface area contributed by atoms with Gasteiger partial charge in [0.05, 0.1) is 10.8 Å². The quantitative estimate of drug-likeness (QED) is 0.737. The number of carbonyl (C=O) groups excluding carboxylic acids is 1. The first-order valence-electron chi connectivity index (χ1n) is 6.96. The van der Waals surface area contributed by atoms with Crippen molar-refractivity contribution in [2.75, 3.05) is 6.54 Å². The van der Waals surface area contributed by atoms with Gasteiger partial charge in [0.15, 0.2) is 0 Å². The molecule has 2 atom stereocenters. The van der Waals surface area contributed by atoms with Crippen molar-refractivity contribution in [1.29, 1.82) is 0 Å². The molecule has 0 aliphatic carbocycles. The van der Waals surface area contributed by atoms with E-state index in [9.17, 15) is 9.00 Å². The van der Waals surface area contributed by atoms with Crippen LogP contribution in [-0.4, -0.2) is 44.4 Å². The Hall–Kier alpha value is -0.910. The third-order valence-corrected chi connectivity index (χ3v) is 4.14. The van der Waals surface area contributed by atoms with Gasteiger partial charge in [-0.3, -0.25) is 0 Å². The summed E-state index contributed by atoms with van der Waals surface area (Å²) in [5.41, 5.74) is -0.504. The highest BCUT2D eigenvalue weighted by molar-refractivity contribution is 7.85. The minimum atomic E-state index is -1.29. The number of ether oxygens (including phenoxy) is 1. The van der Waals surface area contributed by atoms with Crippen LogP contribution in [0.2, 0.25) is 0 Å². The summed E-state index contributed by atoms with van der Waals surface area (Å²) >= 11 is 0. The fourth-order valence-electron chi connectivity index (χ4n) is 1.78. The summed E-state index contributed by atoms with van der Waals surface area (Å²) in [5.74, 6) is 0. The van der Waals surface area contributed by atoms with E-state index >= 15 is 0 Å². The molecule has 0 bridgehead atoms. The number of hydrogen-bond acceptors (Lipinski definition) is 3. The number of likely N-dealkylation sites (tertiary alicyclic amines) is 1. The molecule has 1 aliphatic rings. The van der Waals surface area contributed by atoms with E-state index in [-0.39, 0.29) is 16.9 Å². The van der Waals surface area contributed by atoms with Crippen molar-refractivity contribution in [3.63, 3.8) is 0 Å². The maximum atomic E-state index is 12.1. The van der Waals surface area contributed by atoms with E-state index in [1.165, 1.54) is 0 Å². The molecule has 0 N–H and O–H groups in total. The second-order valence-electron chi connectivity index (χ2n) is 7.00. The van der Waals surface area contributed by atoms with E-state index in [2.05, 4.69) is 4.40 Å². The lowest BCUT2D eigenvalue weighted by molar-refractivity contribution is 0.0268. The van der Waals surface area contributed by atoms with Crippen molar-refractivity contribution in [3.05, 3.63) is 0 Å². The van der Waals surface area contributed by atoms with Crippen molar-refractivity contribution in [2.45, 2.75) is 70.8 Å². The second kappa shape index (κ2) is 6.24. The first-order chi connectivity index (χ1) is 9.00. The molecule has 1 aliphatic heterocycles. The van der Waals surface area contributed by atoms with E-state index in [0.29, 0.717) is 6.54 Å². The molecule has 1 fully saturated rings. The lowest BCUT2D eigenvalue weighted by atomic mass is 10.2. The molecular weight excluding hydrogens is 276 g/mol. The lowest BCUT2D eigenvalue weighted by Crippen LogP contribution is -2.40. The molecule has 116 valence electrons. The van der Waals surface area contributed by atoms with Crippen LogP contribution in [0.3, 0.4) is 0 Å². The van der Waals surface area contributed by atoms with Gasteiger partial charge in [-0.05, 0) is 54.4 Å². The molecule has 1 unspecified atom stereocenters. The predicted octanol–water partition coefficient (Wildman–Crippen LogP) is 2.92. The smallest absolute Gasteiger partial charge is 0.410 e. The van der Waals surface area contributed by atoms with Gasteiger partial charge in [-0.25, -0.2) is 9.00 Å². The van der Waals surface area contributed by atoms with Crippen LogP contribution in [0.15, 0.2) is 4.40 Å². The van der Waals surface area contributed by atoms with Gasteiger partial charge in [0.1, 0.15) is 16.6 Å². The molecule has 1 rings (SSSR count). The molecule has 20 heavy (non-hydrogen) atoms. The highest BCUT2D eigenvalue weighted by atomic mass is 32.2. The highest BCUT2D eigenvalue weighted by Crippen LogP contribution is 2.20. The van der Waals surface area contributed by atoms with Gasteiger partial charge >= 0.3 is 6.09 Å². The zero-order chi connectivity index (χ0) is 15.6. The molecule has 0 saturated carbocycles. The molecule has 0 aromatic heterocycles. The molecule has 5 nitrogen and oxygen atoms in total. The minimum absolute atomic E-state index is 0.115. The van der Waals surface area contributed by atoms with E-state index in [4.69, 9.17) is 4.74 Å². The summed E-state index contributed by atoms with van der Waals surface area (Å²) in [6.07, 6.45) is 3.06. The summed E-state index contributed by atoms with van der Waals surface area (Å²) in [6.45, 7) is 11.8. The lowest BCUT2D eigenvalue weighted by Gasteiger charge is -2.27. The molecule has 6 heteroatoms. The number of hydrogen-bond donors (Lipinski definition) is 0. The standard InChI is InChI=1S/C14H26N2O3S/c1-13(2,3)19-12(17)16-9-7-8-11(16)10-15-20(18)14(4,5)6/h10-11H,7-9H2,1-6H3/t11-,20?/m1/s1. The number of nitrogens with zero attached hydrogens (tertiary/aromatic N) is 2. The third-order valence-electron chi connectivity index (χ3n) is 2.78. The monoisotopic (exact) mass is 302 g/mol. The Morgan fingerprint density at radius 2 is 1.90 bits per heavy atom. The van der Waals surface area contributed by atoms with Crippen molar-refractivity contribution >= 4 is 23.3 Å². The Kier molecular flexibility index (Phi) is 5.35. The molecule has 0 spiro atoms. The largest absolute Gasteiger partial charge is 0.444 e. The Bertz CT molecular complexity index is 408. The SMILES string of the molecule is CC(C)(C)OC(=O)N1CCC[C@@H]1C=NS(=O)C(C)(C)C. The van der Waals surface area contributed by atoms with Crippen molar-refractivity contribution in [3.8, 4) is 0 Å². The van der Waals surface area contributed by atoms with Crippen LogP contribution >= 0.6 is 0 Å². The Balaban J connectivity index is 2.69. The highest BCUT2D eigenvalue weighted by Gasteiger charge is 2.31. The molecule has 0 aromatic rings. The zero-order valence-electron chi connectivity index (χ0n) is 13.3. The second-order valence-corrected chi connectivity index (χ2v) is 8.93. The molecule has 0 aromatic carbocycles. The van der Waals surface area contributed by atoms with E-state index in [0.717, 1.165) is 12.8 Å². The van der Waals surface area contributed by atoms with Gasteiger partial charge in [-0.2, -0.15) is 4.40 Å². The van der Waals surface area contributed by atoms with Crippen LogP contribution in [0, 0.1) is 0 Å². The van der Waals surface area contributed by atoms with Crippen LogP contribution in [-0.2, 0) is 15.7 Å². The minimum Gasteiger partial charge on any atom is -0.444 e. The van der Waals surface area contributed by atoms with Gasteiger partial charge in [0.2, 0.25) is 0 Å². The Labute approximate surface area is 124 Å². The van der Waals surface area contributed by atoms with E-state index in [1.807, 2.05) is 41.5 Å². The predicted molar refractivity (Wildman–Crippen MR) is 82.3 cm³/mol. The summed E-state index contributed by atoms with van der Waals surface area (Å²) in [7, 11) is -1.29. The van der Waals surface area contributed by atoms with Crippen LogP contribution in [0.25, 0.3) is 0 Å². The Morgan fingerprint density at radius 1 is 1.30 bits per heavy atom. The Morgan fingerprint density at radius 3 is 2.40 bits per heavy atom. The zero-order valence-corrected chi connectivity index (χ0v) is 14.1. The van der Waals surface area contributed by atoms with E-state index < -0.39 is 16.6 Å². The van der Waals surface area contributed by atoms with Crippen molar-refractivity contribution in [1.82, 2.24) is 4.90 Å². The van der Waals surface area contributed by atoms with Crippen LogP contribution in [0.5, 0.6) is 0 Å². The maximum Gasteiger partial charge on any atom is 0.410 e. The summed E-state index contributed by atoms with van der Waals surface area (Å²) in [5, 5.41) is 0. The topological polar surface area (TPSA) is 59.0 Å². The van der Waals surface area contributed by atoms with Crippen molar-refractivity contribution < 1.29 is 13.7 Å². The first-order valence-corrected chi connectivity index (χ1v) is 8.07. The van der Waals surface area contributed by atoms with Gasteiger partial charge in [0, 0.05) is 12.8 Å². The summed E-state index contributed by atoms with van der Waals surface area (Å²) in [4.78, 5) is 13.7. The van der Waals surface area contributed by atoms with Crippen LogP contribution in [0.1, 0.15) is 54.4 Å². The number of rotatable bonds is 2. The number of carbonyl (C=O) groups is 1. The number of amides is 1. The third kappa shape index (κ3) is 5.23. The summed E-state index contributed by atoms with van der Waals surface area (Å²) < 4.78 is 21.0. The van der Waals surface area contributed by atoms with Crippen LogP contribution < -0.4 is 0 Å². The molecular formula is C14H26N2O3S. The van der Waals surface area contributed by atoms with Gasteiger partial charge in [-0.1, -0.05) is 0 Å². The van der Waals surface area contributed by atoms with Gasteiger partial charge in [-0.15, -0.1) is 0 Å². The average Bonchev–Trinajstić information content (AvgIpc) is 2.70. The fourth-order valence-corrected chi connectivity index (χ4v) is 2.35. The molecule has 0 radical (unpaired) electrons. The fraction of sp³-hybridized carbons (Fsp3) is 0.857. The normalized spacial score (nSPS) is 22.3. The van der Waals surface area contributed by atoms with Crippen molar-refractivity contribution in [2.24, 2.45) is 4.40 Å². The van der Waals surface area contributed by atoms with Gasteiger partial charge in [0.25, 0.3) is 0 Å². The molecule has 1 amide bonds. The molecule has 1 saturated heterocycles. The van der Waals surface area contributed by atoms with Crippen LogP contribution in [0.4, 0.5) is 4.79 Å². The van der Waals surface area contributed by atoms with E-state index in [1.54, 1.807) is 11.1 Å². The molecule has 1 heterocycles. The first kappa shape index (κ1) is 17.1.